The zero-order valence-corrected chi connectivity index (χ0v) is 20.6. The van der Waals surface area contributed by atoms with Gasteiger partial charge in [0.1, 0.15) is 0 Å². The van der Waals surface area contributed by atoms with Gasteiger partial charge in [0.25, 0.3) is 0 Å². The van der Waals surface area contributed by atoms with Gasteiger partial charge in [-0.1, -0.05) is 0 Å². The Balaban J connectivity index is 0.000000248. The molecule has 6 heteroatoms. The topological polar surface area (TPSA) is 67.8 Å². The van der Waals surface area contributed by atoms with E-state index in [9.17, 15) is 9.90 Å². The Hall–Kier alpha value is -2.19. The number of carboxylic acid groups (broad SMARTS) is 1. The molecule has 162 valence electrons. The summed E-state index contributed by atoms with van der Waals surface area (Å²) in [4.78, 5) is 9.84. The van der Waals surface area contributed by atoms with Gasteiger partial charge >= 0.3 is 121 Å². The Morgan fingerprint density at radius 3 is 1.45 bits per heavy atom. The average Bonchev–Trinajstić information content (AvgIpc) is 2.81. The summed E-state index contributed by atoms with van der Waals surface area (Å²) in [5.41, 5.74) is 0. The molecule has 0 N–H and O–H groups in total. The van der Waals surface area contributed by atoms with Crippen molar-refractivity contribution in [3.05, 3.63) is 91.0 Å². The summed E-state index contributed by atoms with van der Waals surface area (Å²) >= 11 is -1.98. The standard InChI is InChI=1S/C7H14O5.3C6H5.Sn/c1-10-2-3-11-4-5-12-6-7(8)9;3*1-2-4-6-5-3-1;/h2-6H2,1H3,(H,8,9);3*1-5H;/q;;;;+1/p-1. The van der Waals surface area contributed by atoms with Gasteiger partial charge in [-0.05, 0) is 0 Å². The van der Waals surface area contributed by atoms with Crippen molar-refractivity contribution in [2.75, 3.05) is 40.1 Å². The van der Waals surface area contributed by atoms with Gasteiger partial charge in [-0.2, -0.15) is 0 Å². The molecule has 0 saturated carbocycles. The van der Waals surface area contributed by atoms with E-state index >= 15 is 0 Å². The van der Waals surface area contributed by atoms with Gasteiger partial charge in [0, 0.05) is 7.11 Å². The number of benzene rings is 3. The molecule has 0 unspecified atom stereocenters. The maximum absolute atomic E-state index is 9.84. The van der Waals surface area contributed by atoms with Crippen molar-refractivity contribution < 1.29 is 24.1 Å². The van der Waals surface area contributed by atoms with Crippen molar-refractivity contribution in [1.29, 1.82) is 0 Å². The second kappa shape index (κ2) is 15.6. The Morgan fingerprint density at radius 1 is 0.677 bits per heavy atom. The van der Waals surface area contributed by atoms with Crippen molar-refractivity contribution in [3.8, 4) is 0 Å². The Bertz CT molecular complexity index is 750. The molecule has 0 fully saturated rings. The van der Waals surface area contributed by atoms with E-state index < -0.39 is 25.7 Å². The molecular formula is C25H28O5Sn. The van der Waals surface area contributed by atoms with Crippen molar-refractivity contribution in [2.45, 2.75) is 0 Å². The molecule has 3 rings (SSSR count). The van der Waals surface area contributed by atoms with Gasteiger partial charge in [0.05, 0.1) is 39.0 Å². The van der Waals surface area contributed by atoms with E-state index in [0.717, 1.165) is 0 Å². The average molecular weight is 527 g/mol. The van der Waals surface area contributed by atoms with E-state index in [0.29, 0.717) is 19.8 Å². The van der Waals surface area contributed by atoms with Crippen LogP contribution >= 0.6 is 0 Å². The van der Waals surface area contributed by atoms with Crippen LogP contribution in [0.15, 0.2) is 91.0 Å². The summed E-state index contributed by atoms with van der Waals surface area (Å²) in [6, 6.07) is 32.9. The molecular weight excluding hydrogens is 499 g/mol. The molecule has 0 aromatic heterocycles. The molecule has 0 radical (unpaired) electrons. The third-order valence-corrected chi connectivity index (χ3v) is 12.0. The van der Waals surface area contributed by atoms with E-state index in [4.69, 9.17) is 9.47 Å². The number of carbonyl (C=O) groups excluding carboxylic acids is 1. The fourth-order valence-corrected chi connectivity index (χ4v) is 10.2. The van der Waals surface area contributed by atoms with E-state index in [1.54, 1.807) is 7.11 Å². The van der Waals surface area contributed by atoms with Crippen molar-refractivity contribution in [3.63, 3.8) is 0 Å². The minimum absolute atomic E-state index is 0.262. The first kappa shape index (κ1) is 25.1. The number of carbonyl (C=O) groups is 1. The first-order valence-corrected chi connectivity index (χ1v) is 14.4. The molecule has 0 spiro atoms. The van der Waals surface area contributed by atoms with Gasteiger partial charge in [0.2, 0.25) is 0 Å². The molecule has 0 heterocycles. The van der Waals surface area contributed by atoms with Crippen LogP contribution in [0.5, 0.6) is 0 Å². The van der Waals surface area contributed by atoms with Crippen LogP contribution in [0.4, 0.5) is 0 Å². The molecule has 0 atom stereocenters. The monoisotopic (exact) mass is 528 g/mol. The second-order valence-electron chi connectivity index (χ2n) is 6.50. The Morgan fingerprint density at radius 2 is 1.06 bits per heavy atom. The van der Waals surface area contributed by atoms with Crippen LogP contribution in [0.3, 0.4) is 0 Å². The normalized spacial score (nSPS) is 10.1. The summed E-state index contributed by atoms with van der Waals surface area (Å²) in [6.07, 6.45) is 0. The van der Waals surface area contributed by atoms with Crippen LogP contribution in [0, 0.1) is 0 Å². The molecule has 0 aliphatic heterocycles. The number of ether oxygens (including phenoxy) is 3. The van der Waals surface area contributed by atoms with Crippen LogP contribution in [0.1, 0.15) is 0 Å². The summed E-state index contributed by atoms with van der Waals surface area (Å²) in [5, 5.41) is 9.84. The number of hydrogen-bond donors (Lipinski definition) is 0. The zero-order chi connectivity index (χ0) is 22.2. The van der Waals surface area contributed by atoms with Crippen molar-refractivity contribution in [2.24, 2.45) is 0 Å². The quantitative estimate of drug-likeness (QED) is 0.271. The maximum atomic E-state index is 9.84. The fourth-order valence-electron chi connectivity index (χ4n) is 2.83. The van der Waals surface area contributed by atoms with Crippen molar-refractivity contribution >= 4 is 36.5 Å². The number of hydrogen-bond acceptors (Lipinski definition) is 5. The van der Waals surface area contributed by atoms with Gasteiger partial charge in [-0.25, -0.2) is 0 Å². The first-order valence-electron chi connectivity index (χ1n) is 10.1. The molecule has 3 aromatic carbocycles. The number of aliphatic carboxylic acids is 1. The Labute approximate surface area is 191 Å². The van der Waals surface area contributed by atoms with Crippen LogP contribution in [-0.4, -0.2) is 65.9 Å². The summed E-state index contributed by atoms with van der Waals surface area (Å²) in [7, 11) is 1.58. The summed E-state index contributed by atoms with van der Waals surface area (Å²) < 4.78 is 18.9. The number of carboxylic acids is 1. The molecule has 3 aromatic rings. The number of methoxy groups -OCH3 is 1. The van der Waals surface area contributed by atoms with E-state index in [-0.39, 0.29) is 13.2 Å². The van der Waals surface area contributed by atoms with Gasteiger partial charge in [-0.15, -0.1) is 0 Å². The molecule has 0 saturated heterocycles. The van der Waals surface area contributed by atoms with Gasteiger partial charge in [-0.3, -0.25) is 0 Å². The van der Waals surface area contributed by atoms with Crippen LogP contribution in [0.25, 0.3) is 0 Å². The van der Waals surface area contributed by atoms with Crippen LogP contribution in [-0.2, 0) is 19.0 Å². The third-order valence-electron chi connectivity index (χ3n) is 4.21. The summed E-state index contributed by atoms with van der Waals surface area (Å²) in [6.45, 7) is 1.27. The predicted octanol–water partition coefficient (Wildman–Crippen LogP) is 0.619. The zero-order valence-electron chi connectivity index (χ0n) is 17.7. The van der Waals surface area contributed by atoms with Crippen LogP contribution in [0.2, 0.25) is 0 Å². The number of rotatable bonds is 11. The fraction of sp³-hybridized carbons (Fsp3) is 0.240. The summed E-state index contributed by atoms with van der Waals surface area (Å²) in [5.74, 6) is -1.22. The molecule has 0 amide bonds. The van der Waals surface area contributed by atoms with Crippen molar-refractivity contribution in [1.82, 2.24) is 0 Å². The predicted molar refractivity (Wildman–Crippen MR) is 123 cm³/mol. The first-order chi connectivity index (χ1) is 15.2. The molecule has 0 bridgehead atoms. The molecule has 0 aliphatic carbocycles. The molecule has 31 heavy (non-hydrogen) atoms. The second-order valence-corrected chi connectivity index (χ2v) is 13.6. The minimum atomic E-state index is -1.98. The third kappa shape index (κ3) is 10.1. The van der Waals surface area contributed by atoms with E-state index in [2.05, 4.69) is 95.7 Å². The van der Waals surface area contributed by atoms with E-state index in [1.807, 2.05) is 0 Å². The Kier molecular flexibility index (Phi) is 12.6. The van der Waals surface area contributed by atoms with E-state index in [1.165, 1.54) is 10.7 Å². The SMILES string of the molecule is COCCOCCOCC(=O)[O-].c1cc[c]([Sn+]([c]2ccccc2)[c]2ccccc2)cc1. The van der Waals surface area contributed by atoms with Gasteiger partial charge in [0.15, 0.2) is 0 Å². The van der Waals surface area contributed by atoms with Crippen LogP contribution < -0.4 is 15.8 Å². The molecule has 0 aliphatic rings. The van der Waals surface area contributed by atoms with Gasteiger partial charge < -0.3 is 24.1 Å². The molecule has 5 nitrogen and oxygen atoms in total.